The summed E-state index contributed by atoms with van der Waals surface area (Å²) < 4.78 is 0. The van der Waals surface area contributed by atoms with Crippen molar-refractivity contribution < 1.29 is 9.90 Å². The van der Waals surface area contributed by atoms with Gasteiger partial charge in [0.25, 0.3) is 0 Å². The van der Waals surface area contributed by atoms with E-state index in [1.165, 1.54) is 25.7 Å². The van der Waals surface area contributed by atoms with Gasteiger partial charge in [0.05, 0.1) is 0 Å². The number of hydrogen-bond acceptors (Lipinski definition) is 2. The number of Topliss-reactive ketones (excluding diaryl/α,β-unsaturated/α-hetero) is 1. The van der Waals surface area contributed by atoms with Crippen LogP contribution in [0.2, 0.25) is 0 Å². The van der Waals surface area contributed by atoms with Crippen molar-refractivity contribution >= 4 is 5.78 Å². The van der Waals surface area contributed by atoms with Crippen LogP contribution in [-0.4, -0.2) is 17.0 Å². The molecule has 0 aromatic heterocycles. The molecule has 2 heteroatoms. The molecule has 2 nitrogen and oxygen atoms in total. The van der Waals surface area contributed by atoms with E-state index in [9.17, 15) is 9.90 Å². The van der Waals surface area contributed by atoms with Crippen molar-refractivity contribution in [3.8, 4) is 0 Å². The van der Waals surface area contributed by atoms with E-state index >= 15 is 0 Å². The quantitative estimate of drug-likeness (QED) is 0.643. The Kier molecular flexibility index (Phi) is 7.65. The van der Waals surface area contributed by atoms with Gasteiger partial charge < -0.3 is 5.11 Å². The Morgan fingerprint density at radius 3 is 2.06 bits per heavy atom. The lowest BCUT2D eigenvalue weighted by Crippen LogP contribution is -2.34. The van der Waals surface area contributed by atoms with E-state index in [1.54, 1.807) is 0 Å². The zero-order valence-electron chi connectivity index (χ0n) is 11.4. The first-order valence-electron chi connectivity index (χ1n) is 6.60. The lowest BCUT2D eigenvalue weighted by molar-refractivity contribution is -0.132. The van der Waals surface area contributed by atoms with Crippen molar-refractivity contribution in [1.82, 2.24) is 0 Å². The largest absolute Gasteiger partial charge is 0.385 e. The van der Waals surface area contributed by atoms with Crippen molar-refractivity contribution in [1.29, 1.82) is 0 Å². The SMILES string of the molecule is CCCCCCCCC(=O)C(O)C(C)(C)C. The molecule has 0 aliphatic carbocycles. The van der Waals surface area contributed by atoms with Crippen LogP contribution in [0.25, 0.3) is 0 Å². The number of rotatable bonds is 8. The second kappa shape index (κ2) is 7.83. The summed E-state index contributed by atoms with van der Waals surface area (Å²) in [6, 6.07) is 0. The Morgan fingerprint density at radius 1 is 1.06 bits per heavy atom. The van der Waals surface area contributed by atoms with Crippen LogP contribution < -0.4 is 0 Å². The number of carbonyl (C=O) groups excluding carboxylic acids is 1. The molecule has 1 atom stereocenters. The molecular formula is C14H28O2. The van der Waals surface area contributed by atoms with Crippen LogP contribution in [0.1, 0.15) is 72.6 Å². The Hall–Kier alpha value is -0.370. The van der Waals surface area contributed by atoms with Crippen molar-refractivity contribution in [2.45, 2.75) is 78.7 Å². The maximum Gasteiger partial charge on any atom is 0.161 e. The first-order chi connectivity index (χ1) is 7.39. The van der Waals surface area contributed by atoms with Crippen LogP contribution >= 0.6 is 0 Å². The average Bonchev–Trinajstić information content (AvgIpc) is 2.20. The molecule has 0 aromatic rings. The number of carbonyl (C=O) groups is 1. The summed E-state index contributed by atoms with van der Waals surface area (Å²) in [5.41, 5.74) is -0.320. The maximum atomic E-state index is 11.6. The van der Waals surface area contributed by atoms with Gasteiger partial charge in [-0.15, -0.1) is 0 Å². The standard InChI is InChI=1S/C14H28O2/c1-5-6-7-8-9-10-11-12(15)13(16)14(2,3)4/h13,16H,5-11H2,1-4H3. The van der Waals surface area contributed by atoms with Crippen molar-refractivity contribution in [2.75, 3.05) is 0 Å². The van der Waals surface area contributed by atoms with Crippen molar-refractivity contribution in [2.24, 2.45) is 5.41 Å². The minimum absolute atomic E-state index is 0.00277. The normalized spacial score (nSPS) is 13.8. The molecule has 0 bridgehead atoms. The van der Waals surface area contributed by atoms with Crippen LogP contribution in [0.4, 0.5) is 0 Å². The molecule has 0 saturated heterocycles. The summed E-state index contributed by atoms with van der Waals surface area (Å²) in [6.45, 7) is 7.90. The molecular weight excluding hydrogens is 200 g/mol. The summed E-state index contributed by atoms with van der Waals surface area (Å²) in [6.07, 6.45) is 6.80. The van der Waals surface area contributed by atoms with Crippen LogP contribution in [-0.2, 0) is 4.79 Å². The first kappa shape index (κ1) is 15.6. The summed E-state index contributed by atoms with van der Waals surface area (Å²) >= 11 is 0. The van der Waals surface area contributed by atoms with Gasteiger partial charge in [-0.1, -0.05) is 59.8 Å². The fourth-order valence-corrected chi connectivity index (χ4v) is 1.70. The molecule has 0 radical (unpaired) electrons. The summed E-state index contributed by atoms with van der Waals surface area (Å²) in [4.78, 5) is 11.6. The molecule has 0 amide bonds. The molecule has 1 unspecified atom stereocenters. The highest BCUT2D eigenvalue weighted by atomic mass is 16.3. The molecule has 16 heavy (non-hydrogen) atoms. The van der Waals surface area contributed by atoms with Gasteiger partial charge in [-0.05, 0) is 11.8 Å². The van der Waals surface area contributed by atoms with Crippen LogP contribution in [0.5, 0.6) is 0 Å². The van der Waals surface area contributed by atoms with Gasteiger partial charge in [0.1, 0.15) is 6.10 Å². The average molecular weight is 228 g/mol. The minimum atomic E-state index is -0.803. The van der Waals surface area contributed by atoms with Crippen LogP contribution in [0.15, 0.2) is 0 Å². The zero-order valence-corrected chi connectivity index (χ0v) is 11.4. The van der Waals surface area contributed by atoms with Gasteiger partial charge >= 0.3 is 0 Å². The fourth-order valence-electron chi connectivity index (χ4n) is 1.70. The van der Waals surface area contributed by atoms with E-state index in [0.717, 1.165) is 12.8 Å². The fraction of sp³-hybridized carbons (Fsp3) is 0.929. The smallest absolute Gasteiger partial charge is 0.161 e. The molecule has 0 fully saturated rings. The molecule has 0 aliphatic rings. The van der Waals surface area contributed by atoms with E-state index in [4.69, 9.17) is 0 Å². The Labute approximate surface area is 100 Å². The maximum absolute atomic E-state index is 11.6. The second-order valence-electron chi connectivity index (χ2n) is 5.75. The molecule has 0 aliphatic heterocycles. The van der Waals surface area contributed by atoms with Crippen LogP contribution in [0, 0.1) is 5.41 Å². The molecule has 0 rings (SSSR count). The first-order valence-corrected chi connectivity index (χ1v) is 6.60. The second-order valence-corrected chi connectivity index (χ2v) is 5.75. The third-order valence-electron chi connectivity index (χ3n) is 2.90. The van der Waals surface area contributed by atoms with Gasteiger partial charge in [0.2, 0.25) is 0 Å². The summed E-state index contributed by atoms with van der Waals surface area (Å²) in [5, 5.41) is 9.75. The predicted octanol–water partition coefficient (Wildman–Crippen LogP) is 3.71. The summed E-state index contributed by atoms with van der Waals surface area (Å²) in [5.74, 6) is 0.00277. The third kappa shape index (κ3) is 7.00. The van der Waals surface area contributed by atoms with Gasteiger partial charge in [0.15, 0.2) is 5.78 Å². The number of hydrogen-bond donors (Lipinski definition) is 1. The number of ketones is 1. The topological polar surface area (TPSA) is 37.3 Å². The highest BCUT2D eigenvalue weighted by Gasteiger charge is 2.27. The summed E-state index contributed by atoms with van der Waals surface area (Å²) in [7, 11) is 0. The lowest BCUT2D eigenvalue weighted by atomic mass is 9.85. The molecule has 0 heterocycles. The van der Waals surface area contributed by atoms with Crippen LogP contribution in [0.3, 0.4) is 0 Å². The number of unbranched alkanes of at least 4 members (excludes halogenated alkanes) is 5. The van der Waals surface area contributed by atoms with Gasteiger partial charge in [-0.3, -0.25) is 4.79 Å². The monoisotopic (exact) mass is 228 g/mol. The van der Waals surface area contributed by atoms with Gasteiger partial charge in [0, 0.05) is 6.42 Å². The molecule has 0 aromatic carbocycles. The van der Waals surface area contributed by atoms with Crippen molar-refractivity contribution in [3.05, 3.63) is 0 Å². The predicted molar refractivity (Wildman–Crippen MR) is 68.5 cm³/mol. The zero-order chi connectivity index (χ0) is 12.6. The van der Waals surface area contributed by atoms with Gasteiger partial charge in [-0.25, -0.2) is 0 Å². The Balaban J connectivity index is 3.58. The molecule has 0 spiro atoms. The Bertz CT molecular complexity index is 191. The van der Waals surface area contributed by atoms with Gasteiger partial charge in [-0.2, -0.15) is 0 Å². The van der Waals surface area contributed by atoms with E-state index in [1.807, 2.05) is 20.8 Å². The molecule has 96 valence electrons. The third-order valence-corrected chi connectivity index (χ3v) is 2.90. The number of aliphatic hydroxyl groups excluding tert-OH is 1. The number of aliphatic hydroxyl groups is 1. The Morgan fingerprint density at radius 2 is 1.56 bits per heavy atom. The minimum Gasteiger partial charge on any atom is -0.385 e. The highest BCUT2D eigenvalue weighted by molar-refractivity contribution is 5.83. The molecule has 0 saturated carbocycles. The molecule has 1 N–H and O–H groups in total. The van der Waals surface area contributed by atoms with E-state index in [-0.39, 0.29) is 11.2 Å². The van der Waals surface area contributed by atoms with E-state index < -0.39 is 6.10 Å². The van der Waals surface area contributed by atoms with Crippen molar-refractivity contribution in [3.63, 3.8) is 0 Å². The van der Waals surface area contributed by atoms with E-state index in [2.05, 4.69) is 6.92 Å². The lowest BCUT2D eigenvalue weighted by Gasteiger charge is -2.24. The highest BCUT2D eigenvalue weighted by Crippen LogP contribution is 2.21. The van der Waals surface area contributed by atoms with E-state index in [0.29, 0.717) is 6.42 Å².